The third-order valence-electron chi connectivity index (χ3n) is 3.36. The standard InChI is InChI=1S/C16H30O/c1-8-15(7)12-16(14(5)6,17-9-2)11-10-13(3)4/h11,14-15H,8-9,12H2,1-7H3. The Morgan fingerprint density at radius 3 is 2.18 bits per heavy atom. The maximum Gasteiger partial charge on any atom is 0.0960 e. The highest BCUT2D eigenvalue weighted by Crippen LogP contribution is 2.32. The second kappa shape index (κ2) is 7.74. The second-order valence-corrected chi connectivity index (χ2v) is 5.55. The van der Waals surface area contributed by atoms with Crippen LogP contribution in [0.1, 0.15) is 61.3 Å². The van der Waals surface area contributed by atoms with Gasteiger partial charge in [0.2, 0.25) is 0 Å². The molecule has 0 spiro atoms. The zero-order valence-corrected chi connectivity index (χ0v) is 12.8. The lowest BCUT2D eigenvalue weighted by molar-refractivity contribution is -0.0498. The van der Waals surface area contributed by atoms with Crippen LogP contribution in [0.3, 0.4) is 0 Å². The van der Waals surface area contributed by atoms with Crippen molar-refractivity contribution < 1.29 is 4.74 Å². The lowest BCUT2D eigenvalue weighted by atomic mass is 9.81. The SMILES string of the molecule is CCOC(C=C=C(C)C)(CC(C)CC)C(C)C. The van der Waals surface area contributed by atoms with Gasteiger partial charge in [-0.1, -0.05) is 34.1 Å². The Hall–Kier alpha value is -0.520. The number of hydrogen-bond acceptors (Lipinski definition) is 1. The van der Waals surface area contributed by atoms with Crippen LogP contribution >= 0.6 is 0 Å². The van der Waals surface area contributed by atoms with E-state index in [1.807, 2.05) is 0 Å². The first-order chi connectivity index (χ1) is 7.88. The molecule has 1 heteroatoms. The number of ether oxygens (including phenoxy) is 1. The van der Waals surface area contributed by atoms with Crippen LogP contribution in [-0.4, -0.2) is 12.2 Å². The molecule has 0 rings (SSSR count). The van der Waals surface area contributed by atoms with E-state index in [1.165, 1.54) is 12.0 Å². The molecule has 0 radical (unpaired) electrons. The van der Waals surface area contributed by atoms with Gasteiger partial charge in [-0.3, -0.25) is 0 Å². The van der Waals surface area contributed by atoms with E-state index in [9.17, 15) is 0 Å². The molecule has 0 N–H and O–H groups in total. The van der Waals surface area contributed by atoms with Gasteiger partial charge in [-0.2, -0.15) is 0 Å². The van der Waals surface area contributed by atoms with Gasteiger partial charge >= 0.3 is 0 Å². The summed E-state index contributed by atoms with van der Waals surface area (Å²) in [6.45, 7) is 16.0. The van der Waals surface area contributed by atoms with Crippen molar-refractivity contribution in [1.82, 2.24) is 0 Å². The first-order valence-electron chi connectivity index (χ1n) is 6.93. The molecule has 0 aliphatic rings. The van der Waals surface area contributed by atoms with Gasteiger partial charge in [0, 0.05) is 6.61 Å². The Balaban J connectivity index is 5.20. The zero-order chi connectivity index (χ0) is 13.5. The fourth-order valence-corrected chi connectivity index (χ4v) is 1.95. The van der Waals surface area contributed by atoms with Crippen LogP contribution in [0.4, 0.5) is 0 Å². The Kier molecular flexibility index (Phi) is 7.50. The van der Waals surface area contributed by atoms with E-state index in [-0.39, 0.29) is 5.60 Å². The summed E-state index contributed by atoms with van der Waals surface area (Å²) in [5.41, 5.74) is 4.40. The molecule has 17 heavy (non-hydrogen) atoms. The summed E-state index contributed by atoms with van der Waals surface area (Å²) in [4.78, 5) is 0. The van der Waals surface area contributed by atoms with Crippen molar-refractivity contribution >= 4 is 0 Å². The molecule has 0 aromatic rings. The molecule has 0 saturated carbocycles. The average Bonchev–Trinajstić information content (AvgIpc) is 2.25. The quantitative estimate of drug-likeness (QED) is 0.569. The first-order valence-corrected chi connectivity index (χ1v) is 6.93. The van der Waals surface area contributed by atoms with Crippen molar-refractivity contribution in [3.8, 4) is 0 Å². The fraction of sp³-hybridized carbons (Fsp3) is 0.812. The van der Waals surface area contributed by atoms with E-state index >= 15 is 0 Å². The lowest BCUT2D eigenvalue weighted by Crippen LogP contribution is -2.38. The molecule has 2 unspecified atom stereocenters. The molecule has 100 valence electrons. The fourth-order valence-electron chi connectivity index (χ4n) is 1.95. The molecular weight excluding hydrogens is 208 g/mol. The third-order valence-corrected chi connectivity index (χ3v) is 3.36. The zero-order valence-electron chi connectivity index (χ0n) is 12.8. The van der Waals surface area contributed by atoms with Gasteiger partial charge in [-0.05, 0) is 50.7 Å². The highest BCUT2D eigenvalue weighted by Gasteiger charge is 2.33. The van der Waals surface area contributed by atoms with E-state index < -0.39 is 0 Å². The van der Waals surface area contributed by atoms with Gasteiger partial charge in [-0.15, -0.1) is 5.73 Å². The van der Waals surface area contributed by atoms with Crippen LogP contribution in [0.25, 0.3) is 0 Å². The highest BCUT2D eigenvalue weighted by molar-refractivity contribution is 5.07. The van der Waals surface area contributed by atoms with Crippen molar-refractivity contribution in [3.63, 3.8) is 0 Å². The Morgan fingerprint density at radius 1 is 1.24 bits per heavy atom. The van der Waals surface area contributed by atoms with E-state index in [0.717, 1.165) is 13.0 Å². The maximum atomic E-state index is 6.08. The monoisotopic (exact) mass is 238 g/mol. The van der Waals surface area contributed by atoms with E-state index in [2.05, 4.69) is 60.3 Å². The van der Waals surface area contributed by atoms with Gasteiger partial charge in [0.25, 0.3) is 0 Å². The molecule has 2 atom stereocenters. The van der Waals surface area contributed by atoms with Gasteiger partial charge in [0.1, 0.15) is 0 Å². The molecule has 0 aliphatic carbocycles. The van der Waals surface area contributed by atoms with Crippen LogP contribution in [0.15, 0.2) is 17.4 Å². The van der Waals surface area contributed by atoms with Gasteiger partial charge in [-0.25, -0.2) is 0 Å². The van der Waals surface area contributed by atoms with Crippen molar-refractivity contribution in [3.05, 3.63) is 17.4 Å². The molecule has 0 bridgehead atoms. The van der Waals surface area contributed by atoms with E-state index in [1.54, 1.807) is 0 Å². The van der Waals surface area contributed by atoms with E-state index in [0.29, 0.717) is 11.8 Å². The van der Waals surface area contributed by atoms with Crippen molar-refractivity contribution in [2.75, 3.05) is 6.61 Å². The van der Waals surface area contributed by atoms with Crippen LogP contribution in [0.5, 0.6) is 0 Å². The summed E-state index contributed by atoms with van der Waals surface area (Å²) in [6, 6.07) is 0. The van der Waals surface area contributed by atoms with Gasteiger partial charge < -0.3 is 4.74 Å². The third kappa shape index (κ3) is 5.57. The molecule has 0 aromatic carbocycles. The minimum atomic E-state index is -0.151. The predicted octanol–water partition coefficient (Wildman–Crippen LogP) is 4.98. The minimum Gasteiger partial charge on any atom is -0.370 e. The smallest absolute Gasteiger partial charge is 0.0960 e. The maximum absolute atomic E-state index is 6.08. The van der Waals surface area contributed by atoms with Crippen LogP contribution in [-0.2, 0) is 4.74 Å². The summed E-state index contributed by atoms with van der Waals surface area (Å²) in [7, 11) is 0. The van der Waals surface area contributed by atoms with Crippen molar-refractivity contribution in [2.45, 2.75) is 66.9 Å². The normalized spacial score (nSPS) is 16.2. The van der Waals surface area contributed by atoms with Crippen LogP contribution in [0.2, 0.25) is 0 Å². The largest absolute Gasteiger partial charge is 0.370 e. The molecule has 0 aliphatic heterocycles. The average molecular weight is 238 g/mol. The Morgan fingerprint density at radius 2 is 1.82 bits per heavy atom. The number of rotatable bonds is 7. The molecule has 0 aromatic heterocycles. The predicted molar refractivity (Wildman–Crippen MR) is 76.2 cm³/mol. The summed E-state index contributed by atoms with van der Waals surface area (Å²) in [5, 5.41) is 0. The summed E-state index contributed by atoms with van der Waals surface area (Å²) in [6.07, 6.45) is 4.43. The summed E-state index contributed by atoms with van der Waals surface area (Å²) < 4.78 is 6.08. The number of hydrogen-bond donors (Lipinski definition) is 0. The highest BCUT2D eigenvalue weighted by atomic mass is 16.5. The Bertz CT molecular complexity index is 267. The molecule has 1 nitrogen and oxygen atoms in total. The summed E-state index contributed by atoms with van der Waals surface area (Å²) in [5.74, 6) is 1.16. The van der Waals surface area contributed by atoms with Gasteiger partial charge in [0.15, 0.2) is 0 Å². The molecule has 0 fully saturated rings. The minimum absolute atomic E-state index is 0.151. The van der Waals surface area contributed by atoms with Crippen molar-refractivity contribution in [2.24, 2.45) is 11.8 Å². The van der Waals surface area contributed by atoms with Gasteiger partial charge in [0.05, 0.1) is 5.60 Å². The van der Waals surface area contributed by atoms with Crippen molar-refractivity contribution in [1.29, 1.82) is 0 Å². The summed E-state index contributed by atoms with van der Waals surface area (Å²) >= 11 is 0. The van der Waals surface area contributed by atoms with E-state index in [4.69, 9.17) is 4.74 Å². The first kappa shape index (κ1) is 16.5. The molecule has 0 amide bonds. The molecular formula is C16H30O. The molecule has 0 saturated heterocycles. The van der Waals surface area contributed by atoms with Crippen LogP contribution < -0.4 is 0 Å². The lowest BCUT2D eigenvalue weighted by Gasteiger charge is -2.36. The second-order valence-electron chi connectivity index (χ2n) is 5.55. The molecule has 0 heterocycles. The van der Waals surface area contributed by atoms with Crippen LogP contribution in [0, 0.1) is 11.8 Å². The Labute approximate surface area is 108 Å². The topological polar surface area (TPSA) is 9.23 Å².